The highest BCUT2D eigenvalue weighted by Gasteiger charge is 2.07. The number of hydrazone groups is 1. The highest BCUT2D eigenvalue weighted by Crippen LogP contribution is 2.28. The monoisotopic (exact) mass is 399 g/mol. The first-order chi connectivity index (χ1) is 13.2. The predicted molar refractivity (Wildman–Crippen MR) is 109 cm³/mol. The molecule has 1 heterocycles. The number of hydrogen-bond acceptors (Lipinski definition) is 7. The van der Waals surface area contributed by atoms with E-state index in [4.69, 9.17) is 4.74 Å². The Morgan fingerprint density at radius 1 is 1.33 bits per heavy atom. The number of carbonyl (C=O) groups excluding carboxylic acids is 1. The Bertz CT molecular complexity index is 942. The van der Waals surface area contributed by atoms with Crippen LogP contribution in [0.15, 0.2) is 63.4 Å². The number of nitrogens with one attached hydrogen (secondary N) is 1. The Hall–Kier alpha value is -2.84. The van der Waals surface area contributed by atoms with Gasteiger partial charge in [-0.05, 0) is 23.8 Å². The van der Waals surface area contributed by atoms with Crippen molar-refractivity contribution < 1.29 is 14.6 Å². The molecule has 3 aromatic rings. The van der Waals surface area contributed by atoms with Crippen LogP contribution in [0, 0.1) is 0 Å². The van der Waals surface area contributed by atoms with Crippen molar-refractivity contribution >= 4 is 35.2 Å². The molecule has 2 N–H and O–H groups in total. The second-order valence-electron chi connectivity index (χ2n) is 5.38. The summed E-state index contributed by atoms with van der Waals surface area (Å²) < 4.78 is 5.86. The number of thioether (sulfide) groups is 1. The van der Waals surface area contributed by atoms with Crippen LogP contribution < -0.4 is 10.2 Å². The third kappa shape index (κ3) is 5.32. The average molecular weight is 399 g/mol. The molecule has 138 valence electrons. The molecular weight excluding hydrogens is 382 g/mol. The molecule has 0 bridgehead atoms. The van der Waals surface area contributed by atoms with E-state index < -0.39 is 0 Å². The summed E-state index contributed by atoms with van der Waals surface area (Å²) in [6, 6.07) is 14.7. The number of phenols is 1. The lowest BCUT2D eigenvalue weighted by atomic mass is 10.2. The predicted octanol–water partition coefficient (Wildman–Crippen LogP) is 3.77. The van der Waals surface area contributed by atoms with Crippen LogP contribution in [-0.2, 0) is 4.79 Å². The molecule has 1 amide bonds. The fourth-order valence-corrected chi connectivity index (χ4v) is 3.81. The van der Waals surface area contributed by atoms with E-state index in [1.807, 2.05) is 35.7 Å². The molecule has 2 aromatic carbocycles. The fourth-order valence-electron chi connectivity index (χ4n) is 2.18. The second kappa shape index (κ2) is 9.20. The third-order valence-corrected chi connectivity index (χ3v) is 5.51. The van der Waals surface area contributed by atoms with Gasteiger partial charge in [0.1, 0.15) is 0 Å². The van der Waals surface area contributed by atoms with Crippen molar-refractivity contribution in [3.8, 4) is 22.8 Å². The number of aromatic nitrogens is 1. The maximum Gasteiger partial charge on any atom is 0.250 e. The molecule has 6 nitrogen and oxygen atoms in total. The number of rotatable bonds is 7. The number of hydrogen-bond donors (Lipinski definition) is 2. The van der Waals surface area contributed by atoms with Crippen LogP contribution in [0.1, 0.15) is 5.56 Å². The van der Waals surface area contributed by atoms with E-state index in [1.165, 1.54) is 42.5 Å². The van der Waals surface area contributed by atoms with Crippen LogP contribution in [-0.4, -0.2) is 35.1 Å². The van der Waals surface area contributed by atoms with Gasteiger partial charge in [-0.15, -0.1) is 11.3 Å². The number of methoxy groups -OCH3 is 1. The number of phenolic OH excluding ortho intramolecular Hbond substituents is 1. The normalized spacial score (nSPS) is 10.9. The van der Waals surface area contributed by atoms with Gasteiger partial charge in [-0.25, -0.2) is 10.4 Å². The van der Waals surface area contributed by atoms with Gasteiger partial charge in [-0.1, -0.05) is 42.1 Å². The molecule has 0 saturated carbocycles. The molecule has 0 atom stereocenters. The standard InChI is InChI=1S/C19H17N3O3S2/c1-25-17-9-13(7-8-16(17)23)10-20-22-18(24)12-27-19-21-15(11-26-19)14-5-3-2-4-6-14/h2-11,23H,12H2,1H3,(H,22,24). The highest BCUT2D eigenvalue weighted by molar-refractivity contribution is 8.01. The average Bonchev–Trinajstić information content (AvgIpc) is 3.17. The molecule has 27 heavy (non-hydrogen) atoms. The molecule has 0 saturated heterocycles. The summed E-state index contributed by atoms with van der Waals surface area (Å²) in [6.45, 7) is 0. The molecule has 3 rings (SSSR count). The highest BCUT2D eigenvalue weighted by atomic mass is 32.2. The van der Waals surface area contributed by atoms with Crippen LogP contribution in [0.4, 0.5) is 0 Å². The van der Waals surface area contributed by atoms with Crippen molar-refractivity contribution in [3.63, 3.8) is 0 Å². The van der Waals surface area contributed by atoms with Gasteiger partial charge in [0.2, 0.25) is 0 Å². The first-order valence-electron chi connectivity index (χ1n) is 7.98. The maximum atomic E-state index is 11.9. The van der Waals surface area contributed by atoms with Gasteiger partial charge in [0.15, 0.2) is 15.8 Å². The van der Waals surface area contributed by atoms with Crippen molar-refractivity contribution in [2.45, 2.75) is 4.34 Å². The van der Waals surface area contributed by atoms with E-state index in [-0.39, 0.29) is 17.4 Å². The first-order valence-corrected chi connectivity index (χ1v) is 9.85. The van der Waals surface area contributed by atoms with E-state index in [0.29, 0.717) is 11.3 Å². The zero-order valence-corrected chi connectivity index (χ0v) is 16.1. The lowest BCUT2D eigenvalue weighted by molar-refractivity contribution is -0.118. The Balaban J connectivity index is 1.49. The lowest BCUT2D eigenvalue weighted by Gasteiger charge is -2.03. The zero-order valence-electron chi connectivity index (χ0n) is 14.5. The van der Waals surface area contributed by atoms with Crippen molar-refractivity contribution in [2.24, 2.45) is 5.10 Å². The van der Waals surface area contributed by atoms with Crippen molar-refractivity contribution in [1.29, 1.82) is 0 Å². The van der Waals surface area contributed by atoms with Crippen LogP contribution in [0.2, 0.25) is 0 Å². The Morgan fingerprint density at radius 3 is 2.93 bits per heavy atom. The Morgan fingerprint density at radius 2 is 2.15 bits per heavy atom. The molecule has 8 heteroatoms. The van der Waals surface area contributed by atoms with Crippen LogP contribution >= 0.6 is 23.1 Å². The third-order valence-electron chi connectivity index (χ3n) is 3.49. The second-order valence-corrected chi connectivity index (χ2v) is 7.46. The number of carbonyl (C=O) groups is 1. The largest absolute Gasteiger partial charge is 0.504 e. The van der Waals surface area contributed by atoms with E-state index >= 15 is 0 Å². The molecule has 0 aliphatic heterocycles. The van der Waals surface area contributed by atoms with Gasteiger partial charge in [-0.2, -0.15) is 5.10 Å². The van der Waals surface area contributed by atoms with Gasteiger partial charge >= 0.3 is 0 Å². The Labute approximate surface area is 164 Å². The van der Waals surface area contributed by atoms with Crippen molar-refractivity contribution in [2.75, 3.05) is 12.9 Å². The summed E-state index contributed by atoms with van der Waals surface area (Å²) in [4.78, 5) is 16.5. The zero-order chi connectivity index (χ0) is 19.1. The summed E-state index contributed by atoms with van der Waals surface area (Å²) in [5.74, 6) is 0.392. The molecule has 0 aliphatic carbocycles. The number of thiazole rings is 1. The minimum Gasteiger partial charge on any atom is -0.504 e. The SMILES string of the molecule is COc1cc(C=NNC(=O)CSc2nc(-c3ccccc3)cs2)ccc1O. The Kier molecular flexibility index (Phi) is 6.45. The number of ether oxygens (including phenoxy) is 1. The van der Waals surface area contributed by atoms with E-state index in [0.717, 1.165) is 15.6 Å². The minimum atomic E-state index is -0.224. The molecule has 0 aliphatic rings. The summed E-state index contributed by atoms with van der Waals surface area (Å²) in [7, 11) is 1.47. The van der Waals surface area contributed by atoms with Gasteiger partial charge in [0, 0.05) is 10.9 Å². The number of amides is 1. The van der Waals surface area contributed by atoms with Crippen molar-refractivity contribution in [3.05, 3.63) is 59.5 Å². The summed E-state index contributed by atoms with van der Waals surface area (Å²) >= 11 is 2.88. The fraction of sp³-hybridized carbons (Fsp3) is 0.105. The van der Waals surface area contributed by atoms with Crippen LogP contribution in [0.25, 0.3) is 11.3 Å². The smallest absolute Gasteiger partial charge is 0.250 e. The maximum absolute atomic E-state index is 11.9. The molecule has 0 radical (unpaired) electrons. The first kappa shape index (κ1) is 18.9. The quantitative estimate of drug-likeness (QED) is 0.359. The topological polar surface area (TPSA) is 83.8 Å². The molecule has 1 aromatic heterocycles. The molecule has 0 spiro atoms. The van der Waals surface area contributed by atoms with Crippen LogP contribution in [0.5, 0.6) is 11.5 Å². The summed E-state index contributed by atoms with van der Waals surface area (Å²) in [5, 5.41) is 15.5. The van der Waals surface area contributed by atoms with Gasteiger partial charge in [0.05, 0.1) is 24.8 Å². The van der Waals surface area contributed by atoms with Crippen molar-refractivity contribution in [1.82, 2.24) is 10.4 Å². The number of benzene rings is 2. The van der Waals surface area contributed by atoms with Gasteiger partial charge in [0.25, 0.3) is 5.91 Å². The number of aromatic hydroxyl groups is 1. The van der Waals surface area contributed by atoms with Gasteiger partial charge in [-0.3, -0.25) is 4.79 Å². The summed E-state index contributed by atoms with van der Waals surface area (Å²) in [5.41, 5.74) is 5.13. The van der Waals surface area contributed by atoms with E-state index in [9.17, 15) is 9.90 Å². The molecule has 0 unspecified atom stereocenters. The van der Waals surface area contributed by atoms with E-state index in [2.05, 4.69) is 15.5 Å². The van der Waals surface area contributed by atoms with Gasteiger partial charge < -0.3 is 9.84 Å². The molecule has 0 fully saturated rings. The summed E-state index contributed by atoms with van der Waals surface area (Å²) in [6.07, 6.45) is 1.49. The van der Waals surface area contributed by atoms with Crippen LogP contribution in [0.3, 0.4) is 0 Å². The number of nitrogens with zero attached hydrogens (tertiary/aromatic N) is 2. The molecular formula is C19H17N3O3S2. The lowest BCUT2D eigenvalue weighted by Crippen LogP contribution is -2.19. The van der Waals surface area contributed by atoms with E-state index in [1.54, 1.807) is 12.1 Å². The minimum absolute atomic E-state index is 0.0494.